The molecule has 2 aromatic carbocycles. The summed E-state index contributed by atoms with van der Waals surface area (Å²) in [5.41, 5.74) is 0.202. The Morgan fingerprint density at radius 3 is 2.37 bits per heavy atom. The molecule has 0 amide bonds. The normalized spacial score (nSPS) is 26.1. The molecule has 6 atom stereocenters. The van der Waals surface area contributed by atoms with Crippen molar-refractivity contribution in [3.63, 3.8) is 0 Å². The monoisotopic (exact) mass is 720 g/mol. The van der Waals surface area contributed by atoms with Gasteiger partial charge in [-0.05, 0) is 86.5 Å². The first kappa shape index (κ1) is 39.6. The first-order valence-electron chi connectivity index (χ1n) is 17.5. The number of nitro groups is 1. The Labute approximate surface area is 293 Å². The lowest BCUT2D eigenvalue weighted by molar-refractivity contribution is -0.387. The second-order valence-corrected chi connectivity index (χ2v) is 21.6. The number of methoxy groups -OCH3 is 1. The molecule has 11 nitrogen and oxygen atoms in total. The van der Waals surface area contributed by atoms with Crippen LogP contribution in [0, 0.1) is 27.4 Å². The van der Waals surface area contributed by atoms with E-state index in [4.69, 9.17) is 18.6 Å². The number of rotatable bonds is 18. The molecule has 0 aromatic heterocycles. The Balaban J connectivity index is 1.67. The third-order valence-electron chi connectivity index (χ3n) is 11.1. The fourth-order valence-corrected chi connectivity index (χ4v) is 10.5. The molecule has 0 saturated heterocycles. The first-order chi connectivity index (χ1) is 23.2. The number of fused-ring (bicyclic) bond motifs is 1. The summed E-state index contributed by atoms with van der Waals surface area (Å²) in [5, 5.41) is 21.7. The van der Waals surface area contributed by atoms with Gasteiger partial charge in [-0.15, -0.1) is 0 Å². The fraction of sp³-hybridized carbons (Fsp3) is 0.667. The predicted octanol–water partition coefficient (Wildman–Crippen LogP) is 6.81. The molecule has 49 heavy (non-hydrogen) atoms. The van der Waals surface area contributed by atoms with Gasteiger partial charge in [0.25, 0.3) is 5.69 Å². The number of sulfonamides is 1. The molecule has 0 heterocycles. The highest BCUT2D eigenvalue weighted by molar-refractivity contribution is 7.89. The molecule has 0 bridgehead atoms. The fourth-order valence-electron chi connectivity index (χ4n) is 7.86. The Bertz CT molecular complexity index is 1470. The van der Waals surface area contributed by atoms with Gasteiger partial charge in [-0.3, -0.25) is 10.1 Å². The van der Waals surface area contributed by atoms with Gasteiger partial charge in [0.05, 0.1) is 29.8 Å². The number of aliphatic hydroxyl groups excluding tert-OH is 1. The summed E-state index contributed by atoms with van der Waals surface area (Å²) >= 11 is 0. The summed E-state index contributed by atoms with van der Waals surface area (Å²) in [6, 6.07) is 15.4. The molecular formula is C36H56N2O9SSi. The quantitative estimate of drug-likeness (QED) is 0.0558. The van der Waals surface area contributed by atoms with E-state index in [1.807, 2.05) is 30.3 Å². The van der Waals surface area contributed by atoms with E-state index in [-0.39, 0.29) is 60.0 Å². The van der Waals surface area contributed by atoms with Gasteiger partial charge in [0, 0.05) is 31.7 Å². The molecule has 2 aromatic rings. The van der Waals surface area contributed by atoms with Crippen molar-refractivity contribution in [1.29, 1.82) is 0 Å². The maximum atomic E-state index is 13.2. The van der Waals surface area contributed by atoms with Crippen LogP contribution in [0.15, 0.2) is 59.5 Å². The summed E-state index contributed by atoms with van der Waals surface area (Å²) < 4.78 is 55.1. The second-order valence-electron chi connectivity index (χ2n) is 15.1. The van der Waals surface area contributed by atoms with E-state index < -0.39 is 34.4 Å². The number of ether oxygens (including phenoxy) is 3. The van der Waals surface area contributed by atoms with E-state index >= 15 is 0 Å². The molecule has 274 valence electrons. The SMILES string of the molecule is COCO[C@@H]1[C@@H](O[Si](C)(C)C(C)(C)C)CC[C@H]2C[C@@H](OCc3ccccc3)[C@H](CCCNS(=O)(=O)c3ccccc3[N+](=O)[O-])[C@]21CCCO. The van der Waals surface area contributed by atoms with Crippen molar-refractivity contribution >= 4 is 24.0 Å². The minimum Gasteiger partial charge on any atom is -0.411 e. The van der Waals surface area contributed by atoms with Gasteiger partial charge in [-0.25, -0.2) is 13.1 Å². The average Bonchev–Trinajstić information content (AvgIpc) is 3.37. The van der Waals surface area contributed by atoms with Gasteiger partial charge >= 0.3 is 0 Å². The predicted molar refractivity (Wildman–Crippen MR) is 191 cm³/mol. The lowest BCUT2D eigenvalue weighted by atomic mass is 9.58. The van der Waals surface area contributed by atoms with Gasteiger partial charge in [-0.1, -0.05) is 63.2 Å². The molecule has 0 radical (unpaired) electrons. The van der Waals surface area contributed by atoms with Gasteiger partial charge in [0.15, 0.2) is 13.2 Å². The number of nitrogens with one attached hydrogen (secondary N) is 1. The van der Waals surface area contributed by atoms with Crippen LogP contribution in [-0.4, -0.2) is 72.1 Å². The number of hydrogen-bond acceptors (Lipinski definition) is 9. The van der Waals surface area contributed by atoms with Crippen LogP contribution in [0.3, 0.4) is 0 Å². The van der Waals surface area contributed by atoms with Crippen molar-refractivity contribution in [3.8, 4) is 0 Å². The summed E-state index contributed by atoms with van der Waals surface area (Å²) in [7, 11) is -4.71. The lowest BCUT2D eigenvalue weighted by Gasteiger charge is -2.54. The first-order valence-corrected chi connectivity index (χ1v) is 21.8. The lowest BCUT2D eigenvalue weighted by Crippen LogP contribution is -2.59. The molecule has 2 saturated carbocycles. The van der Waals surface area contributed by atoms with Crippen LogP contribution < -0.4 is 4.72 Å². The van der Waals surface area contributed by atoms with Crippen LogP contribution in [0.1, 0.15) is 71.3 Å². The van der Waals surface area contributed by atoms with E-state index in [9.17, 15) is 23.6 Å². The van der Waals surface area contributed by atoms with Crippen LogP contribution in [0.4, 0.5) is 5.69 Å². The third-order valence-corrected chi connectivity index (χ3v) is 17.1. The minimum atomic E-state index is -4.12. The van der Waals surface area contributed by atoms with Crippen molar-refractivity contribution in [2.24, 2.45) is 17.3 Å². The number of hydrogen-bond donors (Lipinski definition) is 2. The summed E-state index contributed by atoms with van der Waals surface area (Å²) in [6.07, 6.45) is 4.39. The van der Waals surface area contributed by atoms with E-state index in [1.165, 1.54) is 24.3 Å². The van der Waals surface area contributed by atoms with E-state index in [0.29, 0.717) is 32.3 Å². The van der Waals surface area contributed by atoms with E-state index in [0.717, 1.165) is 24.8 Å². The van der Waals surface area contributed by atoms with Crippen LogP contribution in [-0.2, 0) is 35.3 Å². The van der Waals surface area contributed by atoms with E-state index in [2.05, 4.69) is 38.6 Å². The molecule has 0 spiro atoms. The number of nitro benzene ring substituents is 1. The Hall–Kier alpha value is -2.23. The number of para-hydroxylation sites is 1. The van der Waals surface area contributed by atoms with Gasteiger partial charge in [-0.2, -0.15) is 0 Å². The molecule has 2 N–H and O–H groups in total. The zero-order valence-electron chi connectivity index (χ0n) is 29.9. The summed E-state index contributed by atoms with van der Waals surface area (Å²) in [5.74, 6) is 0.214. The maximum Gasteiger partial charge on any atom is 0.289 e. The van der Waals surface area contributed by atoms with Gasteiger partial charge < -0.3 is 23.7 Å². The maximum absolute atomic E-state index is 13.2. The second kappa shape index (κ2) is 16.9. The highest BCUT2D eigenvalue weighted by Gasteiger charge is 2.63. The van der Waals surface area contributed by atoms with Crippen molar-refractivity contribution in [2.45, 2.75) is 114 Å². The molecule has 0 aliphatic heterocycles. The summed E-state index contributed by atoms with van der Waals surface area (Å²) in [6.45, 7) is 11.9. The minimum absolute atomic E-state index is 0.00465. The van der Waals surface area contributed by atoms with Gasteiger partial charge in [0.1, 0.15) is 6.79 Å². The van der Waals surface area contributed by atoms with Crippen molar-refractivity contribution < 1.29 is 37.1 Å². The van der Waals surface area contributed by atoms with Crippen LogP contribution >= 0.6 is 0 Å². The van der Waals surface area contributed by atoms with Crippen molar-refractivity contribution in [3.05, 3.63) is 70.3 Å². The largest absolute Gasteiger partial charge is 0.411 e. The number of aliphatic hydroxyl groups is 1. The topological polar surface area (TPSA) is 146 Å². The highest BCUT2D eigenvalue weighted by Crippen LogP contribution is 2.62. The zero-order chi connectivity index (χ0) is 35.9. The Morgan fingerprint density at radius 2 is 1.71 bits per heavy atom. The molecule has 4 rings (SSSR count). The number of nitrogens with zero attached hydrogens (tertiary/aromatic N) is 1. The Morgan fingerprint density at radius 1 is 1.02 bits per heavy atom. The van der Waals surface area contributed by atoms with Crippen LogP contribution in [0.2, 0.25) is 18.1 Å². The highest BCUT2D eigenvalue weighted by atomic mass is 32.2. The van der Waals surface area contributed by atoms with Crippen molar-refractivity contribution in [1.82, 2.24) is 4.72 Å². The van der Waals surface area contributed by atoms with Crippen molar-refractivity contribution in [2.75, 3.05) is 27.1 Å². The number of benzene rings is 2. The average molecular weight is 721 g/mol. The zero-order valence-corrected chi connectivity index (χ0v) is 31.7. The van der Waals surface area contributed by atoms with Gasteiger partial charge in [0.2, 0.25) is 10.0 Å². The summed E-state index contributed by atoms with van der Waals surface area (Å²) in [4.78, 5) is 10.5. The molecule has 2 aliphatic carbocycles. The third kappa shape index (κ3) is 9.17. The molecular weight excluding hydrogens is 665 g/mol. The van der Waals surface area contributed by atoms with E-state index in [1.54, 1.807) is 7.11 Å². The molecule has 13 heteroatoms. The molecule has 2 fully saturated rings. The molecule has 0 unspecified atom stereocenters. The van der Waals surface area contributed by atoms with Crippen LogP contribution in [0.5, 0.6) is 0 Å². The van der Waals surface area contributed by atoms with Crippen LogP contribution in [0.25, 0.3) is 0 Å². The Kier molecular flexibility index (Phi) is 13.6. The molecule has 2 aliphatic rings. The standard InChI is InChI=1S/C36H56N2O9SSi/c1-35(2,3)49(5,6)47-31-20-19-28-24-32(45-25-27-14-8-7-9-15-27)29(36(28,21-13-23-39)34(31)46-26-44-4)16-12-22-37-48(42,43)33-18-11-10-17-30(33)38(40)41/h7-11,14-15,17-18,28-29,31-32,34,37,39H,12-13,16,19-26H2,1-6H3/t28-,29-,31-,32+,34+,36-/m0/s1. The smallest absolute Gasteiger partial charge is 0.289 e.